The van der Waals surface area contributed by atoms with Crippen LogP contribution in [0.15, 0.2) is 79.0 Å². The number of hydrogen-bond acceptors (Lipinski definition) is 6. The van der Waals surface area contributed by atoms with Crippen LogP contribution in [0.1, 0.15) is 30.1 Å². The quantitative estimate of drug-likeness (QED) is 0.470. The van der Waals surface area contributed by atoms with Gasteiger partial charge in [-0.25, -0.2) is 4.98 Å². The lowest BCUT2D eigenvalue weighted by atomic mass is 10.0. The van der Waals surface area contributed by atoms with Crippen LogP contribution in [0, 0.1) is 0 Å². The highest BCUT2D eigenvalue weighted by molar-refractivity contribution is 6.03. The molecule has 4 rings (SSSR count). The van der Waals surface area contributed by atoms with E-state index in [1.54, 1.807) is 48.2 Å². The average molecular weight is 473 g/mol. The van der Waals surface area contributed by atoms with Gasteiger partial charge in [0, 0.05) is 6.04 Å². The fourth-order valence-electron chi connectivity index (χ4n) is 3.95. The summed E-state index contributed by atoms with van der Waals surface area (Å²) in [6.45, 7) is 3.41. The lowest BCUT2D eigenvalue weighted by Crippen LogP contribution is -2.46. The topological polar surface area (TPSA) is 107 Å². The molecule has 1 aromatic heterocycles. The Kier molecular flexibility index (Phi) is 7.74. The Hall–Kier alpha value is -4.17. The van der Waals surface area contributed by atoms with E-state index >= 15 is 0 Å². The van der Waals surface area contributed by atoms with Crippen LogP contribution in [0.3, 0.4) is 0 Å². The van der Waals surface area contributed by atoms with Crippen molar-refractivity contribution in [2.75, 3.05) is 18.0 Å². The van der Waals surface area contributed by atoms with Gasteiger partial charge in [-0.05, 0) is 81.4 Å². The van der Waals surface area contributed by atoms with Crippen molar-refractivity contribution in [2.45, 2.75) is 25.8 Å². The maximum absolute atomic E-state index is 12.9. The second kappa shape index (κ2) is 11.3. The molecule has 8 heteroatoms. The maximum atomic E-state index is 12.9. The van der Waals surface area contributed by atoms with Gasteiger partial charge in [-0.2, -0.15) is 0 Å². The first-order chi connectivity index (χ1) is 17.0. The second-order valence-corrected chi connectivity index (χ2v) is 8.09. The Morgan fingerprint density at radius 2 is 1.63 bits per heavy atom. The zero-order valence-corrected chi connectivity index (χ0v) is 19.5. The van der Waals surface area contributed by atoms with Gasteiger partial charge in [0.15, 0.2) is 0 Å². The molecule has 2 heterocycles. The number of ether oxygens (including phenoxy) is 2. The minimum atomic E-state index is -0.692. The molecule has 1 fully saturated rings. The summed E-state index contributed by atoms with van der Waals surface area (Å²) in [7, 11) is 0. The summed E-state index contributed by atoms with van der Waals surface area (Å²) >= 11 is 0. The van der Waals surface area contributed by atoms with Crippen molar-refractivity contribution in [2.24, 2.45) is 5.73 Å². The SMILES string of the molecule is C/C=C/C(=O)N(c1cnc(Oc2ccc(Oc3ccccc3)cc2)c(C(N)=O)c1)C1CCNCC1. The van der Waals surface area contributed by atoms with Gasteiger partial charge in [-0.1, -0.05) is 24.3 Å². The lowest BCUT2D eigenvalue weighted by Gasteiger charge is -2.34. The highest BCUT2D eigenvalue weighted by Gasteiger charge is 2.27. The van der Waals surface area contributed by atoms with Crippen LogP contribution in [0.25, 0.3) is 0 Å². The smallest absolute Gasteiger partial charge is 0.254 e. The molecule has 180 valence electrons. The number of nitrogens with two attached hydrogens (primary N) is 1. The molecule has 0 unspecified atom stereocenters. The Morgan fingerprint density at radius 1 is 1.00 bits per heavy atom. The van der Waals surface area contributed by atoms with Gasteiger partial charge >= 0.3 is 0 Å². The van der Waals surface area contributed by atoms with Crippen LogP contribution in [0.5, 0.6) is 23.1 Å². The zero-order chi connectivity index (χ0) is 24.6. The standard InChI is InChI=1S/C27H28N4O4/c1-2-6-25(32)31(19-13-15-29-16-14-19)20-17-24(26(28)33)27(30-18-20)35-23-11-9-22(10-12-23)34-21-7-4-3-5-8-21/h2-12,17-19,29H,13-16H2,1H3,(H2,28,33)/b6-2+. The van der Waals surface area contributed by atoms with E-state index in [4.69, 9.17) is 15.2 Å². The predicted molar refractivity (Wildman–Crippen MR) is 134 cm³/mol. The summed E-state index contributed by atoms with van der Waals surface area (Å²) in [6.07, 6.45) is 6.34. The van der Waals surface area contributed by atoms with E-state index in [2.05, 4.69) is 10.3 Å². The van der Waals surface area contributed by atoms with Crippen molar-refractivity contribution in [3.8, 4) is 23.1 Å². The molecule has 0 bridgehead atoms. The normalized spacial score (nSPS) is 14.0. The Morgan fingerprint density at radius 3 is 2.26 bits per heavy atom. The summed E-state index contributed by atoms with van der Waals surface area (Å²) in [5, 5.41) is 3.30. The summed E-state index contributed by atoms with van der Waals surface area (Å²) < 4.78 is 11.7. The van der Waals surface area contributed by atoms with Gasteiger partial charge < -0.3 is 25.4 Å². The molecule has 1 aliphatic heterocycles. The lowest BCUT2D eigenvalue weighted by molar-refractivity contribution is -0.114. The molecule has 0 aliphatic carbocycles. The fraction of sp³-hybridized carbons (Fsp3) is 0.222. The molecule has 0 saturated carbocycles. The van der Waals surface area contributed by atoms with Crippen molar-refractivity contribution in [3.63, 3.8) is 0 Å². The highest BCUT2D eigenvalue weighted by Crippen LogP contribution is 2.30. The van der Waals surface area contributed by atoms with Crippen LogP contribution in [0.2, 0.25) is 0 Å². The number of anilines is 1. The number of primary amides is 1. The van der Waals surface area contributed by atoms with Gasteiger partial charge in [0.25, 0.3) is 11.8 Å². The molecule has 3 aromatic rings. The minimum absolute atomic E-state index is 0.00796. The molecule has 3 N–H and O–H groups in total. The molecular formula is C27H28N4O4. The number of aromatic nitrogens is 1. The second-order valence-electron chi connectivity index (χ2n) is 8.09. The van der Waals surface area contributed by atoms with E-state index in [1.165, 1.54) is 12.3 Å². The van der Waals surface area contributed by atoms with E-state index in [-0.39, 0.29) is 23.4 Å². The number of rotatable bonds is 8. The van der Waals surface area contributed by atoms with Gasteiger partial charge in [0.2, 0.25) is 5.88 Å². The number of carbonyl (C=O) groups is 2. The number of pyridine rings is 1. The van der Waals surface area contributed by atoms with Crippen molar-refractivity contribution in [1.29, 1.82) is 0 Å². The average Bonchev–Trinajstić information content (AvgIpc) is 2.87. The number of para-hydroxylation sites is 1. The van der Waals surface area contributed by atoms with E-state index in [0.717, 1.165) is 31.7 Å². The summed E-state index contributed by atoms with van der Waals surface area (Å²) in [5.74, 6) is 1.04. The summed E-state index contributed by atoms with van der Waals surface area (Å²) in [5.41, 5.74) is 6.26. The largest absolute Gasteiger partial charge is 0.457 e. The first kappa shape index (κ1) is 24.0. The molecule has 0 atom stereocenters. The molecule has 8 nitrogen and oxygen atoms in total. The third-order valence-electron chi connectivity index (χ3n) is 5.62. The molecule has 1 saturated heterocycles. The van der Waals surface area contributed by atoms with Gasteiger partial charge in [-0.3, -0.25) is 9.59 Å². The van der Waals surface area contributed by atoms with Gasteiger partial charge in [0.05, 0.1) is 11.9 Å². The number of allylic oxidation sites excluding steroid dienone is 1. The predicted octanol–water partition coefficient (Wildman–Crippen LogP) is 4.43. The van der Waals surface area contributed by atoms with Crippen molar-refractivity contribution in [1.82, 2.24) is 10.3 Å². The third-order valence-corrected chi connectivity index (χ3v) is 5.62. The van der Waals surface area contributed by atoms with E-state index in [1.807, 2.05) is 30.3 Å². The Bertz CT molecular complexity index is 1190. The highest BCUT2D eigenvalue weighted by atomic mass is 16.5. The van der Waals surface area contributed by atoms with E-state index in [9.17, 15) is 9.59 Å². The maximum Gasteiger partial charge on any atom is 0.254 e. The number of hydrogen-bond donors (Lipinski definition) is 2. The van der Waals surface area contributed by atoms with Crippen LogP contribution < -0.4 is 25.4 Å². The summed E-state index contributed by atoms with van der Waals surface area (Å²) in [4.78, 5) is 31.2. The van der Waals surface area contributed by atoms with Gasteiger partial charge in [-0.15, -0.1) is 0 Å². The number of amides is 2. The number of carbonyl (C=O) groups excluding carboxylic acids is 2. The van der Waals surface area contributed by atoms with Gasteiger partial charge in [0.1, 0.15) is 22.8 Å². The molecule has 0 spiro atoms. The number of piperidine rings is 1. The molecule has 2 amide bonds. The fourth-order valence-corrected chi connectivity index (χ4v) is 3.95. The van der Waals surface area contributed by atoms with Crippen molar-refractivity contribution < 1.29 is 19.1 Å². The van der Waals surface area contributed by atoms with Crippen molar-refractivity contribution in [3.05, 3.63) is 84.6 Å². The molecule has 2 aromatic carbocycles. The third kappa shape index (κ3) is 6.04. The van der Waals surface area contributed by atoms with Crippen LogP contribution in [-0.2, 0) is 4.79 Å². The monoisotopic (exact) mass is 472 g/mol. The summed E-state index contributed by atoms with van der Waals surface area (Å²) in [6, 6.07) is 18.0. The molecule has 35 heavy (non-hydrogen) atoms. The van der Waals surface area contributed by atoms with E-state index < -0.39 is 5.91 Å². The van der Waals surface area contributed by atoms with E-state index in [0.29, 0.717) is 17.2 Å². The number of nitrogens with one attached hydrogen (secondary N) is 1. The number of benzene rings is 2. The van der Waals surface area contributed by atoms with Crippen LogP contribution >= 0.6 is 0 Å². The number of nitrogens with zero attached hydrogens (tertiary/aromatic N) is 2. The Labute approximate surface area is 204 Å². The Balaban J connectivity index is 1.57. The van der Waals surface area contributed by atoms with Crippen LogP contribution in [-0.4, -0.2) is 35.9 Å². The van der Waals surface area contributed by atoms with Crippen LogP contribution in [0.4, 0.5) is 5.69 Å². The molecule has 0 radical (unpaired) electrons. The van der Waals surface area contributed by atoms with Crippen molar-refractivity contribution >= 4 is 17.5 Å². The minimum Gasteiger partial charge on any atom is -0.457 e. The molecule has 1 aliphatic rings. The zero-order valence-electron chi connectivity index (χ0n) is 19.5. The first-order valence-electron chi connectivity index (χ1n) is 11.5. The first-order valence-corrected chi connectivity index (χ1v) is 11.5. The molecular weight excluding hydrogens is 444 g/mol.